The first-order valence-corrected chi connectivity index (χ1v) is 0.612. The minimum Gasteiger partial charge on any atom is -0.652 e. The summed E-state index contributed by atoms with van der Waals surface area (Å²) in [5.74, 6) is 0. The molecule has 6 nitrogen and oxygen atoms in total. The number of carbonyl (C=O) groups excluding carboxylic acids is 1. The third-order valence-corrected chi connectivity index (χ3v) is 0. The zero-order chi connectivity index (χ0) is 3.58. The Kier molecular flexibility index (Phi) is 137. The van der Waals surface area contributed by atoms with E-state index in [1.54, 1.807) is 0 Å². The van der Waals surface area contributed by atoms with E-state index in [-0.39, 0.29) is 49.1 Å². The average Bonchev–Trinajstić information content (AvgIpc) is 0.811. The zero-order valence-corrected chi connectivity index (χ0v) is 6.64. The molecule has 0 aliphatic rings. The quantitative estimate of drug-likeness (QED) is 0.386. The zero-order valence-electron chi connectivity index (χ0n) is 3.80. The van der Waals surface area contributed by atoms with Gasteiger partial charge in [0.2, 0.25) is 0 Å². The maximum Gasteiger partial charge on any atom is 3.00 e. The van der Waals surface area contributed by atoms with Crippen LogP contribution >= 0.6 is 0 Å². The third-order valence-electron chi connectivity index (χ3n) is 0. The van der Waals surface area contributed by atoms with E-state index in [0.29, 0.717) is 0 Å². The minimum absolute atomic E-state index is 0. The number of carbonyl (C=O) groups is 1. The van der Waals surface area contributed by atoms with E-state index in [1.807, 2.05) is 0 Å². The van der Waals surface area contributed by atoms with Crippen molar-refractivity contribution in [3.05, 3.63) is 0 Å². The first-order chi connectivity index (χ1) is 1.73. The van der Waals surface area contributed by atoms with Gasteiger partial charge in [0.15, 0.2) is 0 Å². The summed E-state index contributed by atoms with van der Waals surface area (Å²) < 4.78 is 0. The van der Waals surface area contributed by atoms with E-state index in [0.717, 1.165) is 0 Å². The summed E-state index contributed by atoms with van der Waals surface area (Å²) in [6, 6.07) is 0. The van der Waals surface area contributed by atoms with Crippen LogP contribution in [-0.4, -0.2) is 22.6 Å². The second-order valence-electron chi connectivity index (χ2n) is 0.250. The summed E-state index contributed by atoms with van der Waals surface area (Å²) in [7, 11) is 0. The molecule has 0 atom stereocenters. The van der Waals surface area contributed by atoms with Gasteiger partial charge in [-0.05, 0) is 6.16 Å². The largest absolute Gasteiger partial charge is 3.00 e. The molecule has 0 aromatic heterocycles. The fourth-order valence-electron chi connectivity index (χ4n) is 0. The van der Waals surface area contributed by atoms with Crippen molar-refractivity contribution in [3.8, 4) is 0 Å². The van der Waals surface area contributed by atoms with Crippen molar-refractivity contribution in [1.29, 1.82) is 0 Å². The van der Waals surface area contributed by atoms with Crippen LogP contribution in [-0.2, 0) is 32.7 Å². The predicted molar refractivity (Wildman–Crippen MR) is 16.2 cm³/mol. The van der Waals surface area contributed by atoms with Crippen molar-refractivity contribution in [2.75, 3.05) is 0 Å². The van der Waals surface area contributed by atoms with Gasteiger partial charge in [0.05, 0.1) is 0 Å². The molecule has 0 saturated heterocycles. The van der Waals surface area contributed by atoms with Crippen LogP contribution in [0.15, 0.2) is 0 Å². The normalized spacial score (nSPS) is 3.00. The number of hydrogen-bond acceptors (Lipinski definition) is 3. The molecule has 0 rings (SSSR count). The van der Waals surface area contributed by atoms with Crippen molar-refractivity contribution in [3.63, 3.8) is 0 Å². The third kappa shape index (κ3) is 2680. The molecule has 0 heterocycles. The molecule has 0 radical (unpaired) electrons. The first-order valence-electron chi connectivity index (χ1n) is 0.612. The first kappa shape index (κ1) is 41.0. The van der Waals surface area contributed by atoms with Crippen LogP contribution in [0, 0.1) is 0 Å². The van der Waals surface area contributed by atoms with E-state index in [9.17, 15) is 0 Å². The topological polar surface area (TPSA) is 158 Å². The van der Waals surface area contributed by atoms with Crippen LogP contribution in [0.2, 0.25) is 0 Å². The van der Waals surface area contributed by atoms with Crippen molar-refractivity contribution in [1.82, 2.24) is 0 Å². The Labute approximate surface area is 70.3 Å². The van der Waals surface area contributed by atoms with Gasteiger partial charge >= 0.3 is 32.7 Å². The van der Waals surface area contributed by atoms with Crippen LogP contribution in [0.3, 0.4) is 0 Å². The monoisotopic (exact) mass is 203 g/mol. The second-order valence-corrected chi connectivity index (χ2v) is 0.250. The summed E-state index contributed by atoms with van der Waals surface area (Å²) in [6.07, 6.45) is -2.33. The molecule has 0 bridgehead atoms. The molecule has 0 aromatic rings. The van der Waals surface area contributed by atoms with E-state index >= 15 is 0 Å². The van der Waals surface area contributed by atoms with Crippen molar-refractivity contribution >= 4 is 6.16 Å². The van der Waals surface area contributed by atoms with Crippen molar-refractivity contribution in [2.45, 2.75) is 0 Å². The summed E-state index contributed by atoms with van der Waals surface area (Å²) in [5.41, 5.74) is 0. The van der Waals surface area contributed by atoms with Crippen LogP contribution in [0.4, 0.5) is 4.79 Å². The van der Waals surface area contributed by atoms with Crippen LogP contribution < -0.4 is 10.2 Å². The second kappa shape index (κ2) is 26.8. The summed E-state index contributed by atoms with van der Waals surface area (Å²) in [6.45, 7) is 0. The molecular weight excluding hydrogens is 197 g/mol. The molecule has 0 saturated carbocycles. The van der Waals surface area contributed by atoms with Gasteiger partial charge < -0.3 is 31.4 Å². The summed E-state index contributed by atoms with van der Waals surface area (Å²) in [4.78, 5) is 8.33. The van der Waals surface area contributed by atoms with Gasteiger partial charge in [0.25, 0.3) is 0 Å². The van der Waals surface area contributed by atoms with E-state index in [4.69, 9.17) is 15.0 Å². The molecule has 0 aromatic carbocycles. The SMILES string of the molecule is O.O.O.O=C([O-])[O-].[Y+3]. The Balaban J connectivity index is -0.00000000750. The number of rotatable bonds is 0. The molecule has 0 aliphatic carbocycles. The minimum atomic E-state index is -2.33. The number of hydrogen-bond donors (Lipinski definition) is 0. The molecule has 6 N–H and O–H groups in total. The maximum atomic E-state index is 8.33. The Hall–Kier alpha value is 0.254. The molecular formula is CH6O6Y+. The summed E-state index contributed by atoms with van der Waals surface area (Å²) >= 11 is 0. The fourth-order valence-corrected chi connectivity index (χ4v) is 0. The van der Waals surface area contributed by atoms with E-state index < -0.39 is 6.16 Å². The molecule has 0 amide bonds. The van der Waals surface area contributed by atoms with Gasteiger partial charge in [0, 0.05) is 0 Å². The predicted octanol–water partition coefficient (Wildman–Crippen LogP) is -4.92. The van der Waals surface area contributed by atoms with Gasteiger partial charge in [-0.1, -0.05) is 0 Å². The van der Waals surface area contributed by atoms with Gasteiger partial charge in [-0.25, -0.2) is 0 Å². The Morgan fingerprint density at radius 3 is 1.00 bits per heavy atom. The molecule has 0 unspecified atom stereocenters. The van der Waals surface area contributed by atoms with Gasteiger partial charge in [-0.3, -0.25) is 0 Å². The molecule has 7 heteroatoms. The van der Waals surface area contributed by atoms with Gasteiger partial charge in [0.1, 0.15) is 0 Å². The van der Waals surface area contributed by atoms with Crippen molar-refractivity contribution < 1.29 is 64.1 Å². The molecule has 8 heavy (non-hydrogen) atoms. The van der Waals surface area contributed by atoms with E-state index in [1.165, 1.54) is 0 Å². The van der Waals surface area contributed by atoms with Gasteiger partial charge in [-0.2, -0.15) is 0 Å². The fraction of sp³-hybridized carbons (Fsp3) is 0. The van der Waals surface area contributed by atoms with Crippen LogP contribution in [0.25, 0.3) is 0 Å². The molecule has 0 spiro atoms. The summed E-state index contributed by atoms with van der Waals surface area (Å²) in [5, 5.41) is 16.7. The van der Waals surface area contributed by atoms with E-state index in [2.05, 4.69) is 0 Å². The van der Waals surface area contributed by atoms with Crippen LogP contribution in [0.1, 0.15) is 0 Å². The smallest absolute Gasteiger partial charge is 0.652 e. The number of carboxylic acid groups (broad SMARTS) is 2. The van der Waals surface area contributed by atoms with Crippen LogP contribution in [0.5, 0.6) is 0 Å². The standard InChI is InChI=1S/CH2O3.3H2O.Y/c2-1(3)4;;;;/h(H2,2,3,4);3*1H2;/q;;;;+3/p-2. The molecule has 0 fully saturated rings. The Morgan fingerprint density at radius 2 is 1.00 bits per heavy atom. The van der Waals surface area contributed by atoms with Gasteiger partial charge in [-0.15, -0.1) is 0 Å². The Bertz CT molecular complexity index is 31.5. The maximum absolute atomic E-state index is 8.33. The molecule has 0 aliphatic heterocycles. The Morgan fingerprint density at radius 1 is 1.00 bits per heavy atom. The molecule has 48 valence electrons. The average molecular weight is 203 g/mol. The van der Waals surface area contributed by atoms with Crippen molar-refractivity contribution in [2.24, 2.45) is 0 Å².